The van der Waals surface area contributed by atoms with Gasteiger partial charge in [-0.2, -0.15) is 0 Å². The Kier molecular flexibility index (Phi) is 6.22. The highest BCUT2D eigenvalue weighted by molar-refractivity contribution is 8.00. The highest BCUT2D eigenvalue weighted by Gasteiger charge is 2.36. The summed E-state index contributed by atoms with van der Waals surface area (Å²) in [5.41, 5.74) is 4.96. The molecule has 1 saturated heterocycles. The lowest BCUT2D eigenvalue weighted by Gasteiger charge is -2.27. The van der Waals surface area contributed by atoms with Crippen LogP contribution in [0.5, 0.6) is 0 Å². The maximum Gasteiger partial charge on any atom is 0.238 e. The number of thioether (sulfide) groups is 1. The molecule has 1 fully saturated rings. The van der Waals surface area contributed by atoms with Crippen LogP contribution in [-0.2, 0) is 9.59 Å². The summed E-state index contributed by atoms with van der Waals surface area (Å²) < 4.78 is 0. The zero-order chi connectivity index (χ0) is 19.4. The van der Waals surface area contributed by atoms with E-state index in [-0.39, 0.29) is 17.2 Å². The zero-order valence-electron chi connectivity index (χ0n) is 16.1. The molecule has 1 atom stereocenters. The predicted octanol–water partition coefficient (Wildman–Crippen LogP) is 5.21. The Bertz CT molecular complexity index is 850. The van der Waals surface area contributed by atoms with Gasteiger partial charge in [0.15, 0.2) is 0 Å². The summed E-state index contributed by atoms with van der Waals surface area (Å²) >= 11 is 1.60. The van der Waals surface area contributed by atoms with Crippen LogP contribution in [0.2, 0.25) is 0 Å². The maximum absolute atomic E-state index is 12.7. The van der Waals surface area contributed by atoms with Crippen molar-refractivity contribution in [1.29, 1.82) is 0 Å². The quantitative estimate of drug-likeness (QED) is 0.746. The molecule has 1 N–H and O–H groups in total. The first kappa shape index (κ1) is 19.5. The van der Waals surface area contributed by atoms with Gasteiger partial charge in [0.05, 0.1) is 5.75 Å². The van der Waals surface area contributed by atoms with Crippen molar-refractivity contribution in [1.82, 2.24) is 0 Å². The van der Waals surface area contributed by atoms with Crippen molar-refractivity contribution in [3.05, 3.63) is 59.2 Å². The van der Waals surface area contributed by atoms with E-state index >= 15 is 0 Å². The standard InChI is InChI=1S/C22H26N2O2S/c1-4-5-10-20(25)23-18-9-7-6-8-17(18)22-24(21(26)14-27-22)19-12-11-15(2)13-16(19)3/h6-9,11-13,22H,4-5,10,14H2,1-3H3,(H,23,25). The van der Waals surface area contributed by atoms with Crippen LogP contribution in [0, 0.1) is 13.8 Å². The molecule has 1 aliphatic rings. The third-order valence-electron chi connectivity index (χ3n) is 4.74. The van der Waals surface area contributed by atoms with Crippen molar-refractivity contribution in [2.45, 2.75) is 45.4 Å². The number of hydrogen-bond acceptors (Lipinski definition) is 3. The van der Waals surface area contributed by atoms with Crippen LogP contribution >= 0.6 is 11.8 Å². The third-order valence-corrected chi connectivity index (χ3v) is 5.93. The molecule has 0 aliphatic carbocycles. The SMILES string of the molecule is CCCCC(=O)Nc1ccccc1C1SCC(=O)N1c1ccc(C)cc1C. The van der Waals surface area contributed by atoms with E-state index < -0.39 is 0 Å². The van der Waals surface area contributed by atoms with Crippen molar-refractivity contribution in [2.24, 2.45) is 0 Å². The second-order valence-electron chi connectivity index (χ2n) is 6.96. The first-order valence-electron chi connectivity index (χ1n) is 9.41. The van der Waals surface area contributed by atoms with E-state index in [2.05, 4.69) is 25.2 Å². The molecule has 2 amide bonds. The van der Waals surface area contributed by atoms with E-state index in [1.54, 1.807) is 11.8 Å². The van der Waals surface area contributed by atoms with Gasteiger partial charge in [0.25, 0.3) is 0 Å². The Labute approximate surface area is 165 Å². The smallest absolute Gasteiger partial charge is 0.238 e. The Morgan fingerprint density at radius 1 is 1.22 bits per heavy atom. The number of benzene rings is 2. The number of hydrogen-bond donors (Lipinski definition) is 1. The summed E-state index contributed by atoms with van der Waals surface area (Å²) in [6.45, 7) is 6.16. The molecule has 0 spiro atoms. The van der Waals surface area contributed by atoms with Gasteiger partial charge in [-0.3, -0.25) is 14.5 Å². The molecule has 0 radical (unpaired) electrons. The molecular formula is C22H26N2O2S. The Morgan fingerprint density at radius 3 is 2.74 bits per heavy atom. The number of carbonyl (C=O) groups excluding carboxylic acids is 2. The number of nitrogens with one attached hydrogen (secondary N) is 1. The molecule has 1 unspecified atom stereocenters. The number of amides is 2. The molecule has 1 heterocycles. The van der Waals surface area contributed by atoms with E-state index in [0.29, 0.717) is 12.2 Å². The number of carbonyl (C=O) groups is 2. The van der Waals surface area contributed by atoms with Gasteiger partial charge < -0.3 is 5.32 Å². The Balaban J connectivity index is 1.93. The molecule has 4 nitrogen and oxygen atoms in total. The van der Waals surface area contributed by atoms with Gasteiger partial charge in [0, 0.05) is 23.4 Å². The number of para-hydroxylation sites is 1. The van der Waals surface area contributed by atoms with Crippen LogP contribution in [0.1, 0.15) is 48.3 Å². The summed E-state index contributed by atoms with van der Waals surface area (Å²) in [7, 11) is 0. The van der Waals surface area contributed by atoms with Gasteiger partial charge in [-0.05, 0) is 38.0 Å². The second-order valence-corrected chi connectivity index (χ2v) is 8.02. The summed E-state index contributed by atoms with van der Waals surface area (Å²) in [6.07, 6.45) is 2.38. The van der Waals surface area contributed by atoms with E-state index in [0.717, 1.165) is 35.3 Å². The van der Waals surface area contributed by atoms with Gasteiger partial charge >= 0.3 is 0 Å². The molecule has 2 aromatic carbocycles. The molecule has 0 aromatic heterocycles. The van der Waals surface area contributed by atoms with Crippen molar-refractivity contribution in [2.75, 3.05) is 16.0 Å². The Hall–Kier alpha value is -2.27. The van der Waals surface area contributed by atoms with Crippen molar-refractivity contribution >= 4 is 35.0 Å². The number of aryl methyl sites for hydroxylation is 2. The van der Waals surface area contributed by atoms with E-state index in [1.165, 1.54) is 5.56 Å². The topological polar surface area (TPSA) is 49.4 Å². The molecule has 0 saturated carbocycles. The van der Waals surface area contributed by atoms with Gasteiger partial charge in [0.1, 0.15) is 5.37 Å². The highest BCUT2D eigenvalue weighted by Crippen LogP contribution is 2.45. The molecule has 142 valence electrons. The van der Waals surface area contributed by atoms with Crippen LogP contribution in [0.25, 0.3) is 0 Å². The zero-order valence-corrected chi connectivity index (χ0v) is 16.9. The normalized spacial score (nSPS) is 16.6. The van der Waals surface area contributed by atoms with Crippen LogP contribution < -0.4 is 10.2 Å². The van der Waals surface area contributed by atoms with Crippen molar-refractivity contribution in [3.63, 3.8) is 0 Å². The fourth-order valence-corrected chi connectivity index (χ4v) is 4.57. The van der Waals surface area contributed by atoms with Crippen LogP contribution in [0.3, 0.4) is 0 Å². The number of unbranched alkanes of at least 4 members (excludes halogenated alkanes) is 1. The summed E-state index contributed by atoms with van der Waals surface area (Å²) in [5.74, 6) is 0.566. The Morgan fingerprint density at radius 2 is 2.00 bits per heavy atom. The van der Waals surface area contributed by atoms with Crippen LogP contribution in [0.4, 0.5) is 11.4 Å². The van der Waals surface area contributed by atoms with E-state index in [9.17, 15) is 9.59 Å². The molecule has 2 aromatic rings. The van der Waals surface area contributed by atoms with Crippen molar-refractivity contribution in [3.8, 4) is 0 Å². The minimum absolute atomic E-state index is 0.0247. The van der Waals surface area contributed by atoms with Gasteiger partial charge in [0.2, 0.25) is 11.8 Å². The largest absolute Gasteiger partial charge is 0.326 e. The first-order valence-corrected chi connectivity index (χ1v) is 10.5. The van der Waals surface area contributed by atoms with Gasteiger partial charge in [-0.25, -0.2) is 0 Å². The fourth-order valence-electron chi connectivity index (χ4n) is 3.37. The maximum atomic E-state index is 12.7. The lowest BCUT2D eigenvalue weighted by Crippen LogP contribution is -2.29. The summed E-state index contributed by atoms with van der Waals surface area (Å²) in [6, 6.07) is 14.0. The summed E-state index contributed by atoms with van der Waals surface area (Å²) in [4.78, 5) is 26.8. The van der Waals surface area contributed by atoms with Gasteiger partial charge in [-0.1, -0.05) is 49.2 Å². The minimum atomic E-state index is -0.137. The molecule has 0 bridgehead atoms. The fraction of sp³-hybridized carbons (Fsp3) is 0.364. The highest BCUT2D eigenvalue weighted by atomic mass is 32.2. The first-order chi connectivity index (χ1) is 13.0. The lowest BCUT2D eigenvalue weighted by atomic mass is 10.1. The summed E-state index contributed by atoms with van der Waals surface area (Å²) in [5, 5.41) is 2.91. The average molecular weight is 383 g/mol. The molecule has 27 heavy (non-hydrogen) atoms. The number of anilines is 2. The number of rotatable bonds is 6. The average Bonchev–Trinajstić information content (AvgIpc) is 3.02. The van der Waals surface area contributed by atoms with Crippen molar-refractivity contribution < 1.29 is 9.59 Å². The van der Waals surface area contributed by atoms with Crippen LogP contribution in [-0.4, -0.2) is 17.6 Å². The molecule has 5 heteroatoms. The van der Waals surface area contributed by atoms with Gasteiger partial charge in [-0.15, -0.1) is 11.8 Å². The third kappa shape index (κ3) is 4.35. The monoisotopic (exact) mass is 382 g/mol. The van der Waals surface area contributed by atoms with Crippen LogP contribution in [0.15, 0.2) is 42.5 Å². The lowest BCUT2D eigenvalue weighted by molar-refractivity contribution is -0.116. The van der Waals surface area contributed by atoms with E-state index in [4.69, 9.17) is 0 Å². The number of nitrogens with zero attached hydrogens (tertiary/aromatic N) is 1. The second kappa shape index (κ2) is 8.61. The predicted molar refractivity (Wildman–Crippen MR) is 113 cm³/mol. The molecule has 3 rings (SSSR count). The van der Waals surface area contributed by atoms with E-state index in [1.807, 2.05) is 48.2 Å². The molecular weight excluding hydrogens is 356 g/mol. The molecule has 1 aliphatic heterocycles. The minimum Gasteiger partial charge on any atom is -0.326 e.